The summed E-state index contributed by atoms with van der Waals surface area (Å²) >= 11 is 0. The van der Waals surface area contributed by atoms with Crippen molar-refractivity contribution in [3.8, 4) is 11.3 Å². The van der Waals surface area contributed by atoms with Crippen molar-refractivity contribution in [1.29, 1.82) is 0 Å². The molecule has 3 aliphatic rings. The summed E-state index contributed by atoms with van der Waals surface area (Å²) in [6, 6.07) is 12.5. The van der Waals surface area contributed by atoms with Gasteiger partial charge in [-0.2, -0.15) is 0 Å². The zero-order chi connectivity index (χ0) is 49.2. The van der Waals surface area contributed by atoms with Crippen molar-refractivity contribution >= 4 is 57.7 Å². The number of nitrogens with zero attached hydrogens (tertiary/aromatic N) is 6. The Labute approximate surface area is 394 Å². The lowest BCUT2D eigenvalue weighted by atomic mass is 9.97. The van der Waals surface area contributed by atoms with Gasteiger partial charge >= 0.3 is 12.2 Å². The second-order valence-corrected chi connectivity index (χ2v) is 19.4. The number of fused-ring (bicyclic) bond motifs is 2. The van der Waals surface area contributed by atoms with Gasteiger partial charge in [0.25, 0.3) is 11.8 Å². The van der Waals surface area contributed by atoms with E-state index in [0.29, 0.717) is 122 Å². The topological polar surface area (TPSA) is 187 Å². The minimum atomic E-state index is -0.695. The fourth-order valence-electron chi connectivity index (χ4n) is 8.30. The van der Waals surface area contributed by atoms with Crippen LogP contribution in [0, 0.1) is 0 Å². The number of likely N-dealkylation sites (tertiary alicyclic amines) is 1. The Hall–Kier alpha value is -6.66. The SMILES string of the molecule is CN(C)C(=O)c1cc(-c2cccn2C(=O)OC(C)(C)C)c2oc(N3CCOCC3)cc(=O)c2c1.CN(C)C(=O)c1cc(C2CCCN2C(=O)OC(C)(C)C)c2oc(N3CCOCC3)cc(=O)c2c1. The molecular weight excluding hydrogens is 877 g/mol. The molecule has 6 heterocycles. The second kappa shape index (κ2) is 19.9. The van der Waals surface area contributed by atoms with Crippen LogP contribution >= 0.6 is 0 Å². The molecule has 3 aromatic heterocycles. The lowest BCUT2D eigenvalue weighted by Gasteiger charge is -2.30. The number of ether oxygens (including phenoxy) is 4. The number of aromatic nitrogens is 1. The summed E-state index contributed by atoms with van der Waals surface area (Å²) in [6.07, 6.45) is 2.06. The van der Waals surface area contributed by atoms with Crippen molar-refractivity contribution in [3.05, 3.63) is 91.9 Å². The molecular formula is C50H62N6O12. The molecule has 68 heavy (non-hydrogen) atoms. The van der Waals surface area contributed by atoms with Gasteiger partial charge in [0.05, 0.1) is 48.9 Å². The number of anilines is 2. The van der Waals surface area contributed by atoms with Crippen LogP contribution in [0.25, 0.3) is 33.2 Å². The van der Waals surface area contributed by atoms with Gasteiger partial charge in [-0.3, -0.25) is 23.7 Å². The molecule has 3 amide bonds. The highest BCUT2D eigenvalue weighted by atomic mass is 16.6. The van der Waals surface area contributed by atoms with E-state index in [0.717, 1.165) is 6.42 Å². The third-order valence-corrected chi connectivity index (χ3v) is 11.5. The average molecular weight is 939 g/mol. The molecule has 1 unspecified atom stereocenters. The van der Waals surface area contributed by atoms with Gasteiger partial charge in [0.2, 0.25) is 0 Å². The summed E-state index contributed by atoms with van der Waals surface area (Å²) in [4.78, 5) is 86.5. The van der Waals surface area contributed by atoms with Crippen LogP contribution in [-0.2, 0) is 18.9 Å². The zero-order valence-corrected chi connectivity index (χ0v) is 40.6. The number of hydrogen-bond donors (Lipinski definition) is 0. The first-order chi connectivity index (χ1) is 32.1. The maximum absolute atomic E-state index is 13.2. The number of carbonyl (C=O) groups excluding carboxylic acids is 4. The quantitative estimate of drug-likeness (QED) is 0.170. The predicted octanol–water partition coefficient (Wildman–Crippen LogP) is 6.99. The fraction of sp³-hybridized carbons (Fsp3) is 0.480. The van der Waals surface area contributed by atoms with E-state index < -0.39 is 23.4 Å². The Morgan fingerprint density at radius 2 is 1.12 bits per heavy atom. The third-order valence-electron chi connectivity index (χ3n) is 11.5. The van der Waals surface area contributed by atoms with Crippen LogP contribution in [0.5, 0.6) is 0 Å². The van der Waals surface area contributed by atoms with E-state index in [1.54, 1.807) is 90.4 Å². The van der Waals surface area contributed by atoms with Gasteiger partial charge in [0.1, 0.15) is 22.4 Å². The van der Waals surface area contributed by atoms with E-state index in [1.165, 1.54) is 32.6 Å². The van der Waals surface area contributed by atoms with Gasteiger partial charge < -0.3 is 52.3 Å². The van der Waals surface area contributed by atoms with Crippen LogP contribution in [0.3, 0.4) is 0 Å². The average Bonchev–Trinajstić information content (AvgIpc) is 3.99. The predicted molar refractivity (Wildman–Crippen MR) is 257 cm³/mol. The number of hydrogen-bond acceptors (Lipinski definition) is 14. The molecule has 18 nitrogen and oxygen atoms in total. The number of morpholine rings is 2. The molecule has 0 bridgehead atoms. The molecule has 364 valence electrons. The number of rotatable bonds is 6. The lowest BCUT2D eigenvalue weighted by molar-refractivity contribution is 0.0224. The first-order valence-electron chi connectivity index (χ1n) is 22.8. The number of amides is 3. The highest BCUT2D eigenvalue weighted by Crippen LogP contribution is 2.39. The summed E-state index contributed by atoms with van der Waals surface area (Å²) in [5.74, 6) is 0.400. The first-order valence-corrected chi connectivity index (χ1v) is 22.8. The molecule has 18 heteroatoms. The molecule has 0 saturated carbocycles. The Morgan fingerprint density at radius 1 is 0.632 bits per heavy atom. The van der Waals surface area contributed by atoms with Crippen LogP contribution < -0.4 is 20.7 Å². The fourth-order valence-corrected chi connectivity index (χ4v) is 8.30. The lowest BCUT2D eigenvalue weighted by Crippen LogP contribution is -2.37. The maximum Gasteiger partial charge on any atom is 0.418 e. The molecule has 0 radical (unpaired) electrons. The maximum atomic E-state index is 13.2. The van der Waals surface area contributed by atoms with Gasteiger partial charge in [-0.1, -0.05) is 0 Å². The van der Waals surface area contributed by atoms with E-state index >= 15 is 0 Å². The van der Waals surface area contributed by atoms with E-state index in [4.69, 9.17) is 27.8 Å². The van der Waals surface area contributed by atoms with Crippen molar-refractivity contribution in [2.75, 3.05) is 97.1 Å². The summed E-state index contributed by atoms with van der Waals surface area (Å²) in [7, 11) is 6.61. The molecule has 3 aliphatic heterocycles. The summed E-state index contributed by atoms with van der Waals surface area (Å²) in [5.41, 5.74) is 1.14. The van der Waals surface area contributed by atoms with Gasteiger partial charge in [-0.25, -0.2) is 9.59 Å². The molecule has 0 N–H and O–H groups in total. The molecule has 2 aromatic carbocycles. The van der Waals surface area contributed by atoms with E-state index in [-0.39, 0.29) is 34.1 Å². The van der Waals surface area contributed by atoms with Crippen molar-refractivity contribution < 1.29 is 47.0 Å². The molecule has 3 fully saturated rings. The Morgan fingerprint density at radius 3 is 1.63 bits per heavy atom. The van der Waals surface area contributed by atoms with E-state index in [2.05, 4.69) is 0 Å². The third kappa shape index (κ3) is 11.0. The largest absolute Gasteiger partial charge is 0.444 e. The van der Waals surface area contributed by atoms with E-state index in [1.807, 2.05) is 30.6 Å². The Kier molecular flexibility index (Phi) is 14.4. The summed E-state index contributed by atoms with van der Waals surface area (Å²) in [6.45, 7) is 16.0. The van der Waals surface area contributed by atoms with Crippen LogP contribution in [0.4, 0.5) is 21.4 Å². The molecule has 1 atom stereocenters. The highest BCUT2D eigenvalue weighted by molar-refractivity contribution is 6.03. The van der Waals surface area contributed by atoms with Crippen LogP contribution in [0.1, 0.15) is 86.7 Å². The smallest absolute Gasteiger partial charge is 0.418 e. The van der Waals surface area contributed by atoms with Crippen molar-refractivity contribution in [1.82, 2.24) is 19.3 Å². The van der Waals surface area contributed by atoms with Gasteiger partial charge in [0, 0.05) is 101 Å². The van der Waals surface area contributed by atoms with Crippen molar-refractivity contribution in [3.63, 3.8) is 0 Å². The molecule has 3 saturated heterocycles. The van der Waals surface area contributed by atoms with Crippen LogP contribution in [0.15, 0.2) is 73.2 Å². The minimum Gasteiger partial charge on any atom is -0.444 e. The van der Waals surface area contributed by atoms with Gasteiger partial charge in [-0.05, 0) is 90.8 Å². The van der Waals surface area contributed by atoms with Crippen LogP contribution in [0.2, 0.25) is 0 Å². The number of benzene rings is 2. The second-order valence-electron chi connectivity index (χ2n) is 19.4. The highest BCUT2D eigenvalue weighted by Gasteiger charge is 2.36. The molecule has 5 aromatic rings. The number of carbonyl (C=O) groups is 4. The molecule has 8 rings (SSSR count). The van der Waals surface area contributed by atoms with E-state index in [9.17, 15) is 28.8 Å². The van der Waals surface area contributed by atoms with Gasteiger partial charge in [0.15, 0.2) is 22.6 Å². The first kappa shape index (κ1) is 49.3. The Balaban J connectivity index is 0.000000201. The molecule has 0 spiro atoms. The van der Waals surface area contributed by atoms with Crippen LogP contribution in [-0.4, -0.2) is 142 Å². The minimum absolute atomic E-state index is 0.221. The monoisotopic (exact) mass is 938 g/mol. The van der Waals surface area contributed by atoms with Crippen molar-refractivity contribution in [2.45, 2.75) is 71.6 Å². The standard InChI is InChI=1S/C25H33N3O6.C25H29N3O6/c2*1-25(2,3)34-24(31)28-8-6-7-19(28)17-13-16(23(30)26(4)5)14-18-20(29)15-21(33-22(17)18)27-9-11-32-12-10-27/h13-15,19H,6-12H2,1-5H3;6-8,13-15H,9-12H2,1-5H3. The zero-order valence-electron chi connectivity index (χ0n) is 40.6. The Bertz CT molecular complexity index is 2820. The summed E-state index contributed by atoms with van der Waals surface area (Å²) < 4.78 is 35.9. The van der Waals surface area contributed by atoms with Crippen molar-refractivity contribution in [2.24, 2.45) is 0 Å². The molecule has 0 aliphatic carbocycles. The summed E-state index contributed by atoms with van der Waals surface area (Å²) in [5, 5.41) is 0.590. The normalized spacial score (nSPS) is 16.6. The van der Waals surface area contributed by atoms with Gasteiger partial charge in [-0.15, -0.1) is 0 Å².